The van der Waals surface area contributed by atoms with Crippen molar-refractivity contribution in [3.63, 3.8) is 0 Å². The highest BCUT2D eigenvalue weighted by Gasteiger charge is 2.37. The number of sulfonamides is 1. The van der Waals surface area contributed by atoms with Gasteiger partial charge in [0.1, 0.15) is 5.82 Å². The van der Waals surface area contributed by atoms with Crippen LogP contribution in [0.4, 0.5) is 14.9 Å². The zero-order chi connectivity index (χ0) is 17.9. The highest BCUT2D eigenvalue weighted by molar-refractivity contribution is 7.89. The van der Waals surface area contributed by atoms with Crippen molar-refractivity contribution in [2.75, 3.05) is 44.7 Å². The summed E-state index contributed by atoms with van der Waals surface area (Å²) in [5.41, 5.74) is 0.350. The summed E-state index contributed by atoms with van der Waals surface area (Å²) in [7, 11) is -3.46. The van der Waals surface area contributed by atoms with Crippen molar-refractivity contribution in [2.24, 2.45) is 0 Å². The monoisotopic (exact) mass is 371 g/mol. The summed E-state index contributed by atoms with van der Waals surface area (Å²) in [6.07, 6.45) is 1.15. The van der Waals surface area contributed by atoms with Gasteiger partial charge in [-0.05, 0) is 31.0 Å². The van der Waals surface area contributed by atoms with E-state index in [9.17, 15) is 17.6 Å². The van der Waals surface area contributed by atoms with Crippen LogP contribution < -0.4 is 5.32 Å². The molecule has 7 nitrogen and oxygen atoms in total. The van der Waals surface area contributed by atoms with Crippen LogP contribution in [0.15, 0.2) is 24.3 Å². The van der Waals surface area contributed by atoms with Crippen LogP contribution in [0.2, 0.25) is 0 Å². The van der Waals surface area contributed by atoms with Gasteiger partial charge in [-0.1, -0.05) is 6.07 Å². The average molecular weight is 371 g/mol. The molecule has 138 valence electrons. The summed E-state index contributed by atoms with van der Waals surface area (Å²) in [6.45, 7) is 2.13. The molecule has 1 aromatic carbocycles. The fourth-order valence-corrected chi connectivity index (χ4v) is 5.06. The number of amides is 2. The maximum absolute atomic E-state index is 13.2. The molecule has 2 amide bonds. The molecule has 9 heteroatoms. The van der Waals surface area contributed by atoms with Crippen molar-refractivity contribution in [1.29, 1.82) is 0 Å². The van der Waals surface area contributed by atoms with Crippen molar-refractivity contribution in [2.45, 2.75) is 18.1 Å². The number of urea groups is 1. The molecule has 2 aliphatic heterocycles. The minimum Gasteiger partial charge on any atom is -0.379 e. The number of likely N-dealkylation sites (tertiary alicyclic amines) is 1. The minimum atomic E-state index is -3.46. The van der Waals surface area contributed by atoms with Crippen LogP contribution >= 0.6 is 0 Å². The van der Waals surface area contributed by atoms with Gasteiger partial charge in [-0.25, -0.2) is 17.6 Å². The summed E-state index contributed by atoms with van der Waals surface area (Å²) in [6, 6.07) is 5.21. The standard InChI is InChI=1S/C16H22FN3O4S/c17-13-3-1-4-14(11-13)18-16(21)19-6-2-5-15(12-19)25(22,23)20-7-9-24-10-8-20/h1,3-4,11,15H,2,5-10,12H2,(H,18,21)/t15-/m0/s1. The number of benzene rings is 1. The lowest BCUT2D eigenvalue weighted by Gasteiger charge is -2.36. The van der Waals surface area contributed by atoms with Crippen LogP contribution in [0.1, 0.15) is 12.8 Å². The third-order valence-electron chi connectivity index (χ3n) is 4.49. The van der Waals surface area contributed by atoms with Crippen molar-refractivity contribution < 1.29 is 22.3 Å². The molecule has 2 saturated heterocycles. The summed E-state index contributed by atoms with van der Waals surface area (Å²) < 4.78 is 45.4. The van der Waals surface area contributed by atoms with Gasteiger partial charge in [-0.3, -0.25) is 0 Å². The molecule has 0 spiro atoms. The molecule has 3 rings (SSSR count). The summed E-state index contributed by atoms with van der Waals surface area (Å²) in [5.74, 6) is -0.441. The van der Waals surface area contributed by atoms with E-state index in [-0.39, 0.29) is 6.54 Å². The molecule has 0 saturated carbocycles. The van der Waals surface area contributed by atoms with Gasteiger partial charge in [0.2, 0.25) is 10.0 Å². The van der Waals surface area contributed by atoms with Gasteiger partial charge in [-0.2, -0.15) is 4.31 Å². The number of morpholine rings is 1. The Morgan fingerprint density at radius 2 is 2.00 bits per heavy atom. The summed E-state index contributed by atoms with van der Waals surface area (Å²) >= 11 is 0. The van der Waals surface area contributed by atoms with Crippen molar-refractivity contribution >= 4 is 21.7 Å². The van der Waals surface area contributed by atoms with E-state index in [0.29, 0.717) is 51.4 Å². The van der Waals surface area contributed by atoms with E-state index in [2.05, 4.69) is 5.32 Å². The molecule has 0 aromatic heterocycles. The second kappa shape index (κ2) is 7.67. The Kier molecular flexibility index (Phi) is 5.55. The summed E-state index contributed by atoms with van der Waals surface area (Å²) in [5, 5.41) is 2.01. The third-order valence-corrected chi connectivity index (χ3v) is 6.80. The highest BCUT2D eigenvalue weighted by atomic mass is 32.2. The number of hydrogen-bond acceptors (Lipinski definition) is 4. The number of carbonyl (C=O) groups is 1. The van der Waals surface area contributed by atoms with Crippen LogP contribution in [0, 0.1) is 5.82 Å². The van der Waals surface area contributed by atoms with Crippen LogP contribution in [0.25, 0.3) is 0 Å². The molecule has 0 radical (unpaired) electrons. The van der Waals surface area contributed by atoms with Gasteiger partial charge in [0.25, 0.3) is 0 Å². The molecule has 25 heavy (non-hydrogen) atoms. The molecule has 0 unspecified atom stereocenters. The van der Waals surface area contributed by atoms with E-state index in [4.69, 9.17) is 4.74 Å². The average Bonchev–Trinajstić information content (AvgIpc) is 2.62. The van der Waals surface area contributed by atoms with E-state index in [0.717, 1.165) is 0 Å². The largest absolute Gasteiger partial charge is 0.379 e. The first kappa shape index (κ1) is 18.1. The number of hydrogen-bond donors (Lipinski definition) is 1. The third kappa shape index (κ3) is 4.28. The van der Waals surface area contributed by atoms with Gasteiger partial charge in [0.15, 0.2) is 0 Å². The Balaban J connectivity index is 1.65. The number of anilines is 1. The first-order valence-corrected chi connectivity index (χ1v) is 9.85. The van der Waals surface area contributed by atoms with Crippen LogP contribution in [-0.2, 0) is 14.8 Å². The van der Waals surface area contributed by atoms with Gasteiger partial charge < -0.3 is 15.0 Å². The smallest absolute Gasteiger partial charge is 0.321 e. The number of carbonyl (C=O) groups excluding carboxylic acids is 1. The van der Waals surface area contributed by atoms with Gasteiger partial charge in [0, 0.05) is 31.9 Å². The molecular formula is C16H22FN3O4S. The Bertz CT molecular complexity index is 722. The normalized spacial score (nSPS) is 22.6. The topological polar surface area (TPSA) is 79.0 Å². The highest BCUT2D eigenvalue weighted by Crippen LogP contribution is 2.22. The Labute approximate surface area is 146 Å². The predicted octanol–water partition coefficient (Wildman–Crippen LogP) is 1.48. The number of nitrogens with zero attached hydrogens (tertiary/aromatic N) is 2. The molecule has 2 fully saturated rings. The summed E-state index contributed by atoms with van der Waals surface area (Å²) in [4.78, 5) is 13.9. The minimum absolute atomic E-state index is 0.140. The molecule has 2 aliphatic rings. The molecule has 0 bridgehead atoms. The van der Waals surface area contributed by atoms with Gasteiger partial charge >= 0.3 is 6.03 Å². The first-order valence-electron chi connectivity index (χ1n) is 8.35. The van der Waals surface area contributed by atoms with E-state index in [1.165, 1.54) is 27.4 Å². The number of halogens is 1. The molecule has 1 N–H and O–H groups in total. The van der Waals surface area contributed by atoms with Crippen LogP contribution in [0.3, 0.4) is 0 Å². The molecule has 0 aliphatic carbocycles. The number of rotatable bonds is 3. The lowest BCUT2D eigenvalue weighted by atomic mass is 10.1. The van der Waals surface area contributed by atoms with Gasteiger partial charge in [0.05, 0.1) is 18.5 Å². The molecular weight excluding hydrogens is 349 g/mol. The van der Waals surface area contributed by atoms with Crippen LogP contribution in [-0.4, -0.2) is 68.3 Å². The Morgan fingerprint density at radius 1 is 1.24 bits per heavy atom. The van der Waals surface area contributed by atoms with Crippen molar-refractivity contribution in [3.05, 3.63) is 30.1 Å². The predicted molar refractivity (Wildman–Crippen MR) is 91.3 cm³/mol. The number of nitrogens with one attached hydrogen (secondary N) is 1. The fourth-order valence-electron chi connectivity index (χ4n) is 3.15. The van der Waals surface area contributed by atoms with E-state index < -0.39 is 27.1 Å². The van der Waals surface area contributed by atoms with E-state index >= 15 is 0 Å². The van der Waals surface area contributed by atoms with Gasteiger partial charge in [-0.15, -0.1) is 0 Å². The van der Waals surface area contributed by atoms with Crippen molar-refractivity contribution in [3.8, 4) is 0 Å². The number of ether oxygens (including phenoxy) is 1. The Morgan fingerprint density at radius 3 is 2.72 bits per heavy atom. The molecule has 1 aromatic rings. The molecule has 1 atom stereocenters. The fraction of sp³-hybridized carbons (Fsp3) is 0.562. The lowest BCUT2D eigenvalue weighted by Crippen LogP contribution is -2.52. The second-order valence-corrected chi connectivity index (χ2v) is 8.42. The SMILES string of the molecule is O=C(Nc1cccc(F)c1)N1CCC[C@H](S(=O)(=O)N2CCOCC2)C1. The van der Waals surface area contributed by atoms with Crippen molar-refractivity contribution in [1.82, 2.24) is 9.21 Å². The lowest BCUT2D eigenvalue weighted by molar-refractivity contribution is 0.0721. The second-order valence-electron chi connectivity index (χ2n) is 6.21. The number of piperidine rings is 1. The molecule has 2 heterocycles. The zero-order valence-corrected chi connectivity index (χ0v) is 14.7. The zero-order valence-electron chi connectivity index (χ0n) is 13.9. The first-order chi connectivity index (χ1) is 12.0. The van der Waals surface area contributed by atoms with Crippen LogP contribution in [0.5, 0.6) is 0 Å². The quantitative estimate of drug-likeness (QED) is 0.873. The maximum Gasteiger partial charge on any atom is 0.321 e. The van der Waals surface area contributed by atoms with E-state index in [1.54, 1.807) is 6.07 Å². The maximum atomic E-state index is 13.2. The van der Waals surface area contributed by atoms with E-state index in [1.807, 2.05) is 0 Å². The Hall–Kier alpha value is -1.71.